The van der Waals surface area contributed by atoms with E-state index in [9.17, 15) is 4.79 Å². The van der Waals surface area contributed by atoms with Crippen molar-refractivity contribution in [2.75, 3.05) is 13.1 Å². The van der Waals surface area contributed by atoms with E-state index in [4.69, 9.17) is 27.6 Å². The second-order valence-corrected chi connectivity index (χ2v) is 6.35. The van der Waals surface area contributed by atoms with Crippen molar-refractivity contribution in [3.05, 3.63) is 40.3 Å². The van der Waals surface area contributed by atoms with Crippen LogP contribution in [0.2, 0.25) is 10.0 Å². The lowest BCUT2D eigenvalue weighted by molar-refractivity contribution is -0.121. The molecule has 2 aromatic rings. The van der Waals surface area contributed by atoms with Crippen molar-refractivity contribution < 1.29 is 9.21 Å². The van der Waals surface area contributed by atoms with Gasteiger partial charge >= 0.3 is 0 Å². The first-order valence-corrected chi connectivity index (χ1v) is 8.65. The van der Waals surface area contributed by atoms with Crippen molar-refractivity contribution in [1.82, 2.24) is 15.6 Å². The SMILES string of the molecule is CCN[C@H](C)CNC(=O)CCc1ncc(-c2ccc(Cl)cc2Cl)o1.Cl.Cl. The lowest BCUT2D eigenvalue weighted by Gasteiger charge is -2.12. The maximum Gasteiger partial charge on any atom is 0.220 e. The molecule has 0 aliphatic heterocycles. The number of carbonyl (C=O) groups excluding carboxylic acids is 1. The van der Waals surface area contributed by atoms with Gasteiger partial charge in [-0.1, -0.05) is 30.1 Å². The Balaban J connectivity index is 0.00000312. The monoisotopic (exact) mass is 441 g/mol. The quantitative estimate of drug-likeness (QED) is 0.629. The second kappa shape index (κ2) is 12.4. The molecule has 0 spiro atoms. The number of amides is 1. The van der Waals surface area contributed by atoms with Crippen LogP contribution in [0.5, 0.6) is 0 Å². The van der Waals surface area contributed by atoms with Gasteiger partial charge in [0.2, 0.25) is 5.91 Å². The van der Waals surface area contributed by atoms with Gasteiger partial charge in [-0.2, -0.15) is 0 Å². The van der Waals surface area contributed by atoms with Gasteiger partial charge in [0.15, 0.2) is 11.7 Å². The lowest BCUT2D eigenvalue weighted by atomic mass is 10.2. The standard InChI is InChI=1S/C17H21Cl2N3O2.2ClH/c1-3-20-11(2)9-21-16(23)6-7-17-22-10-15(24-17)13-5-4-12(18)8-14(13)19;;/h4-5,8,10-11,20H,3,6-7,9H2,1-2H3,(H,21,23);2*1H/t11-;;/m1../s1. The van der Waals surface area contributed by atoms with Gasteiger partial charge in [0.05, 0.1) is 11.2 Å². The van der Waals surface area contributed by atoms with Gasteiger partial charge in [0.25, 0.3) is 0 Å². The number of carbonyl (C=O) groups is 1. The Morgan fingerprint density at radius 3 is 2.69 bits per heavy atom. The Labute approximate surface area is 176 Å². The number of halogens is 4. The average molecular weight is 443 g/mol. The van der Waals surface area contributed by atoms with E-state index in [0.29, 0.717) is 41.1 Å². The zero-order valence-electron chi connectivity index (χ0n) is 14.6. The number of benzene rings is 1. The Kier molecular flexibility index (Phi) is 11.9. The van der Waals surface area contributed by atoms with Crippen LogP contribution in [0.15, 0.2) is 28.8 Å². The fraction of sp³-hybridized carbons (Fsp3) is 0.412. The molecule has 0 aliphatic carbocycles. The highest BCUT2D eigenvalue weighted by Gasteiger charge is 2.12. The summed E-state index contributed by atoms with van der Waals surface area (Å²) in [5.41, 5.74) is 0.726. The number of oxazole rings is 1. The first-order chi connectivity index (χ1) is 11.5. The van der Waals surface area contributed by atoms with E-state index in [1.165, 1.54) is 0 Å². The second-order valence-electron chi connectivity index (χ2n) is 5.51. The molecule has 5 nitrogen and oxygen atoms in total. The molecule has 0 saturated carbocycles. The molecule has 0 bridgehead atoms. The van der Waals surface area contributed by atoms with Crippen LogP contribution in [0.3, 0.4) is 0 Å². The number of rotatable bonds is 8. The summed E-state index contributed by atoms with van der Waals surface area (Å²) in [6.07, 6.45) is 2.37. The van der Waals surface area contributed by atoms with E-state index in [-0.39, 0.29) is 36.8 Å². The number of hydrogen-bond donors (Lipinski definition) is 2. The molecule has 2 N–H and O–H groups in total. The minimum Gasteiger partial charge on any atom is -0.441 e. The van der Waals surface area contributed by atoms with Gasteiger partial charge in [0, 0.05) is 36.0 Å². The fourth-order valence-corrected chi connectivity index (χ4v) is 2.74. The molecule has 0 unspecified atom stereocenters. The van der Waals surface area contributed by atoms with Gasteiger partial charge in [-0.15, -0.1) is 24.8 Å². The number of nitrogens with one attached hydrogen (secondary N) is 2. The van der Waals surface area contributed by atoms with Crippen LogP contribution in [0.4, 0.5) is 0 Å². The van der Waals surface area contributed by atoms with Crippen LogP contribution >= 0.6 is 48.0 Å². The van der Waals surface area contributed by atoms with E-state index in [1.54, 1.807) is 24.4 Å². The number of nitrogens with zero attached hydrogens (tertiary/aromatic N) is 1. The zero-order chi connectivity index (χ0) is 17.5. The first-order valence-electron chi connectivity index (χ1n) is 7.89. The van der Waals surface area contributed by atoms with Crippen LogP contribution in [0.25, 0.3) is 11.3 Å². The summed E-state index contributed by atoms with van der Waals surface area (Å²) in [6, 6.07) is 5.42. The van der Waals surface area contributed by atoms with Crippen LogP contribution in [-0.2, 0) is 11.2 Å². The first kappa shape index (κ1) is 25.0. The van der Waals surface area contributed by atoms with E-state index in [1.807, 2.05) is 13.8 Å². The summed E-state index contributed by atoms with van der Waals surface area (Å²) in [4.78, 5) is 16.1. The van der Waals surface area contributed by atoms with Gasteiger partial charge in [-0.25, -0.2) is 4.98 Å². The molecule has 146 valence electrons. The largest absolute Gasteiger partial charge is 0.441 e. The molecule has 26 heavy (non-hydrogen) atoms. The predicted octanol–water partition coefficient (Wildman–Crippen LogP) is 4.54. The summed E-state index contributed by atoms with van der Waals surface area (Å²) in [5, 5.41) is 7.18. The van der Waals surface area contributed by atoms with Crippen molar-refractivity contribution in [3.63, 3.8) is 0 Å². The normalized spacial score (nSPS) is 11.2. The van der Waals surface area contributed by atoms with Gasteiger partial charge in [0.1, 0.15) is 0 Å². The summed E-state index contributed by atoms with van der Waals surface area (Å²) >= 11 is 12.0. The minimum atomic E-state index is -0.0240. The summed E-state index contributed by atoms with van der Waals surface area (Å²) in [6.45, 7) is 5.54. The van der Waals surface area contributed by atoms with Crippen LogP contribution in [0, 0.1) is 0 Å². The lowest BCUT2D eigenvalue weighted by Crippen LogP contribution is -2.38. The molecule has 1 heterocycles. The van der Waals surface area contributed by atoms with Gasteiger partial charge in [-0.05, 0) is 31.7 Å². The topological polar surface area (TPSA) is 67.2 Å². The highest BCUT2D eigenvalue weighted by molar-refractivity contribution is 6.36. The molecule has 1 aromatic carbocycles. The van der Waals surface area contributed by atoms with Crippen LogP contribution < -0.4 is 10.6 Å². The van der Waals surface area contributed by atoms with Crippen LogP contribution in [-0.4, -0.2) is 30.0 Å². The molecule has 0 radical (unpaired) electrons. The molecule has 0 saturated heterocycles. The highest BCUT2D eigenvalue weighted by atomic mass is 35.5. The van der Waals surface area contributed by atoms with E-state index in [0.717, 1.165) is 12.1 Å². The highest BCUT2D eigenvalue weighted by Crippen LogP contribution is 2.30. The van der Waals surface area contributed by atoms with Crippen LogP contribution in [0.1, 0.15) is 26.2 Å². The number of aromatic nitrogens is 1. The van der Waals surface area contributed by atoms with E-state index < -0.39 is 0 Å². The van der Waals surface area contributed by atoms with E-state index >= 15 is 0 Å². The Bertz CT molecular complexity index is 694. The smallest absolute Gasteiger partial charge is 0.220 e. The maximum absolute atomic E-state index is 11.8. The molecule has 0 aliphatic rings. The zero-order valence-corrected chi connectivity index (χ0v) is 17.7. The summed E-state index contributed by atoms with van der Waals surface area (Å²) in [5.74, 6) is 1.04. The third kappa shape index (κ3) is 7.72. The molecule has 1 amide bonds. The number of hydrogen-bond acceptors (Lipinski definition) is 4. The molecular formula is C17H23Cl4N3O2. The Hall–Kier alpha value is -0.980. The minimum absolute atomic E-state index is 0. The number of aryl methyl sites for hydroxylation is 1. The van der Waals surface area contributed by atoms with Crippen molar-refractivity contribution in [2.24, 2.45) is 0 Å². The van der Waals surface area contributed by atoms with Crippen molar-refractivity contribution in [3.8, 4) is 11.3 Å². The third-order valence-corrected chi connectivity index (χ3v) is 4.02. The molecule has 0 fully saturated rings. The summed E-state index contributed by atoms with van der Waals surface area (Å²) in [7, 11) is 0. The molecule has 1 atom stereocenters. The Morgan fingerprint density at radius 2 is 2.04 bits per heavy atom. The van der Waals surface area contributed by atoms with Crippen molar-refractivity contribution in [1.29, 1.82) is 0 Å². The summed E-state index contributed by atoms with van der Waals surface area (Å²) < 4.78 is 5.67. The van der Waals surface area contributed by atoms with E-state index in [2.05, 4.69) is 15.6 Å². The third-order valence-electron chi connectivity index (χ3n) is 3.47. The molecular weight excluding hydrogens is 420 g/mol. The van der Waals surface area contributed by atoms with Crippen molar-refractivity contribution in [2.45, 2.75) is 32.7 Å². The molecule has 2 rings (SSSR count). The fourth-order valence-electron chi connectivity index (χ4n) is 2.24. The molecule has 9 heteroatoms. The van der Waals surface area contributed by atoms with Gasteiger partial charge < -0.3 is 15.1 Å². The van der Waals surface area contributed by atoms with Crippen molar-refractivity contribution >= 4 is 53.9 Å². The average Bonchev–Trinajstić information content (AvgIpc) is 3.00. The molecule has 1 aromatic heterocycles. The predicted molar refractivity (Wildman–Crippen MR) is 111 cm³/mol. The maximum atomic E-state index is 11.8. The van der Waals surface area contributed by atoms with Gasteiger partial charge in [-0.3, -0.25) is 4.79 Å². The number of likely N-dealkylation sites (N-methyl/N-ethyl adjacent to an activating group) is 1. The Morgan fingerprint density at radius 1 is 1.31 bits per heavy atom.